The number of aromatic nitrogens is 1. The van der Waals surface area contributed by atoms with E-state index in [0.29, 0.717) is 17.8 Å². The van der Waals surface area contributed by atoms with Crippen molar-refractivity contribution in [1.82, 2.24) is 10.0 Å². The van der Waals surface area contributed by atoms with Crippen LogP contribution in [0.25, 0.3) is 10.9 Å². The fourth-order valence-electron chi connectivity index (χ4n) is 1.93. The number of hydrogen-bond donors (Lipinski definition) is 2. The molecule has 5 heteroatoms. The summed E-state index contributed by atoms with van der Waals surface area (Å²) in [5.74, 6) is -0.143. The van der Waals surface area contributed by atoms with Gasteiger partial charge in [-0.05, 0) is 24.6 Å². The fourth-order valence-corrected chi connectivity index (χ4v) is 1.93. The van der Waals surface area contributed by atoms with Crippen molar-refractivity contribution < 1.29 is 9.63 Å². The predicted octanol–water partition coefficient (Wildman–Crippen LogP) is 2.16. The highest BCUT2D eigenvalue weighted by molar-refractivity contribution is 6.06. The molecule has 0 spiro atoms. The van der Waals surface area contributed by atoms with Crippen molar-refractivity contribution in [3.63, 3.8) is 0 Å². The Labute approximate surface area is 105 Å². The first-order chi connectivity index (χ1) is 8.67. The highest BCUT2D eigenvalue weighted by atomic mass is 16.7. The Morgan fingerprint density at radius 1 is 1.50 bits per heavy atom. The van der Waals surface area contributed by atoms with E-state index in [0.717, 1.165) is 17.3 Å². The molecule has 0 aliphatic heterocycles. The van der Waals surface area contributed by atoms with E-state index in [4.69, 9.17) is 10.6 Å². The summed E-state index contributed by atoms with van der Waals surface area (Å²) in [6, 6.07) is 5.43. The summed E-state index contributed by atoms with van der Waals surface area (Å²) < 4.78 is 0. The lowest BCUT2D eigenvalue weighted by Gasteiger charge is -2.18. The summed E-state index contributed by atoms with van der Waals surface area (Å²) in [5.41, 5.74) is 7.82. The Morgan fingerprint density at radius 3 is 2.94 bits per heavy atom. The number of H-pyrrole nitrogens is 1. The van der Waals surface area contributed by atoms with Crippen molar-refractivity contribution in [3.05, 3.63) is 30.0 Å². The topological polar surface area (TPSA) is 71.3 Å². The second kappa shape index (κ2) is 5.10. The molecule has 1 heterocycles. The van der Waals surface area contributed by atoms with Crippen molar-refractivity contribution >= 4 is 22.5 Å². The molecule has 18 heavy (non-hydrogen) atoms. The number of hydrogen-bond acceptors (Lipinski definition) is 3. The van der Waals surface area contributed by atoms with Gasteiger partial charge in [-0.2, -0.15) is 0 Å². The summed E-state index contributed by atoms with van der Waals surface area (Å²) in [4.78, 5) is 20.4. The van der Waals surface area contributed by atoms with Gasteiger partial charge < -0.3 is 10.7 Å². The predicted molar refractivity (Wildman–Crippen MR) is 71.0 cm³/mol. The molecule has 0 aliphatic rings. The maximum absolute atomic E-state index is 12.3. The smallest absolute Gasteiger partial charge is 0.279 e. The number of carbonyl (C=O) groups excluding carboxylic acids is 1. The van der Waals surface area contributed by atoms with Gasteiger partial charge in [0.2, 0.25) is 0 Å². The number of hydroxylamine groups is 2. The molecule has 2 aromatic rings. The summed E-state index contributed by atoms with van der Waals surface area (Å²) in [7, 11) is 1.50. The molecular formula is C13H17N3O2. The van der Waals surface area contributed by atoms with Crippen molar-refractivity contribution in [2.45, 2.75) is 13.3 Å². The Bertz CT molecular complexity index is 562. The molecule has 0 atom stereocenters. The number of amides is 1. The van der Waals surface area contributed by atoms with Gasteiger partial charge in [0, 0.05) is 29.3 Å². The third kappa shape index (κ3) is 2.17. The maximum atomic E-state index is 12.3. The van der Waals surface area contributed by atoms with Crippen LogP contribution in [0.3, 0.4) is 0 Å². The molecule has 1 aromatic heterocycles. The molecule has 0 aliphatic carbocycles. The van der Waals surface area contributed by atoms with Gasteiger partial charge >= 0.3 is 0 Å². The van der Waals surface area contributed by atoms with Crippen molar-refractivity contribution in [1.29, 1.82) is 0 Å². The number of nitrogens with zero attached hydrogens (tertiary/aromatic N) is 1. The van der Waals surface area contributed by atoms with Crippen LogP contribution in [0.2, 0.25) is 0 Å². The van der Waals surface area contributed by atoms with E-state index in [1.165, 1.54) is 12.2 Å². The molecule has 0 saturated carbocycles. The molecule has 3 N–H and O–H groups in total. The quantitative estimate of drug-likeness (QED) is 0.642. The van der Waals surface area contributed by atoms with E-state index in [9.17, 15) is 4.79 Å². The van der Waals surface area contributed by atoms with E-state index >= 15 is 0 Å². The fraction of sp³-hybridized carbons (Fsp3) is 0.308. The largest absolute Gasteiger partial charge is 0.399 e. The number of rotatable bonds is 4. The normalized spacial score (nSPS) is 10.8. The minimum Gasteiger partial charge on any atom is -0.399 e. The summed E-state index contributed by atoms with van der Waals surface area (Å²) in [6.07, 6.45) is 2.53. The van der Waals surface area contributed by atoms with Crippen molar-refractivity contribution in [2.75, 3.05) is 19.4 Å². The first-order valence-electron chi connectivity index (χ1n) is 5.90. The molecule has 1 amide bonds. The second-order valence-electron chi connectivity index (χ2n) is 4.10. The number of aromatic amines is 1. The van der Waals surface area contributed by atoms with Gasteiger partial charge in [0.25, 0.3) is 5.91 Å². The van der Waals surface area contributed by atoms with Gasteiger partial charge in [-0.1, -0.05) is 6.92 Å². The van der Waals surface area contributed by atoms with E-state index in [1.54, 1.807) is 12.3 Å². The Balaban J connectivity index is 2.38. The zero-order valence-electron chi connectivity index (χ0n) is 10.6. The number of nitrogen functional groups attached to an aromatic ring is 1. The molecule has 0 saturated heterocycles. The first kappa shape index (κ1) is 12.4. The lowest BCUT2D eigenvalue weighted by Crippen LogP contribution is -2.30. The molecule has 0 radical (unpaired) electrons. The summed E-state index contributed by atoms with van der Waals surface area (Å²) in [6.45, 7) is 2.56. The minimum absolute atomic E-state index is 0.143. The minimum atomic E-state index is -0.143. The first-order valence-corrected chi connectivity index (χ1v) is 5.90. The molecule has 5 nitrogen and oxygen atoms in total. The van der Waals surface area contributed by atoms with Gasteiger partial charge in [-0.15, -0.1) is 0 Å². The Kier molecular flexibility index (Phi) is 3.53. The summed E-state index contributed by atoms with van der Waals surface area (Å²) >= 11 is 0. The third-order valence-electron chi connectivity index (χ3n) is 2.81. The van der Waals surface area contributed by atoms with Crippen LogP contribution >= 0.6 is 0 Å². The van der Waals surface area contributed by atoms with E-state index in [1.807, 2.05) is 19.1 Å². The lowest BCUT2D eigenvalue weighted by molar-refractivity contribution is -0.0946. The highest BCUT2D eigenvalue weighted by Gasteiger charge is 2.18. The van der Waals surface area contributed by atoms with Crippen LogP contribution in [0.1, 0.15) is 23.7 Å². The molecule has 1 aromatic carbocycles. The Morgan fingerprint density at radius 2 is 2.28 bits per heavy atom. The molecule has 96 valence electrons. The van der Waals surface area contributed by atoms with Crippen LogP contribution in [0.15, 0.2) is 24.4 Å². The van der Waals surface area contributed by atoms with Crippen molar-refractivity contribution in [3.8, 4) is 0 Å². The number of carbonyl (C=O) groups is 1. The molecule has 0 unspecified atom stereocenters. The van der Waals surface area contributed by atoms with Gasteiger partial charge in [0.1, 0.15) is 0 Å². The van der Waals surface area contributed by atoms with Gasteiger partial charge in [-0.25, -0.2) is 5.06 Å². The molecule has 0 fully saturated rings. The standard InChI is InChI=1S/C13H17N3O2/c1-3-6-16(18-2)13(17)11-8-15-12-7-9(14)4-5-10(11)12/h4-5,7-8,15H,3,6,14H2,1-2H3. The number of anilines is 1. The Hall–Kier alpha value is -2.01. The lowest BCUT2D eigenvalue weighted by atomic mass is 10.1. The van der Waals surface area contributed by atoms with E-state index in [-0.39, 0.29) is 5.91 Å². The monoisotopic (exact) mass is 247 g/mol. The third-order valence-corrected chi connectivity index (χ3v) is 2.81. The highest BCUT2D eigenvalue weighted by Crippen LogP contribution is 2.22. The van der Waals surface area contributed by atoms with Crippen LogP contribution in [0.4, 0.5) is 5.69 Å². The van der Waals surface area contributed by atoms with Crippen LogP contribution in [-0.2, 0) is 4.84 Å². The maximum Gasteiger partial charge on any atom is 0.279 e. The molecule has 2 rings (SSSR count). The number of benzene rings is 1. The van der Waals surface area contributed by atoms with Gasteiger partial charge in [0.05, 0.1) is 12.7 Å². The van der Waals surface area contributed by atoms with Crippen LogP contribution < -0.4 is 5.73 Å². The van der Waals surface area contributed by atoms with Crippen LogP contribution in [0, 0.1) is 0 Å². The number of nitrogens with two attached hydrogens (primary N) is 1. The summed E-state index contributed by atoms with van der Waals surface area (Å²) in [5, 5.41) is 2.21. The van der Waals surface area contributed by atoms with Gasteiger partial charge in [-0.3, -0.25) is 9.63 Å². The van der Waals surface area contributed by atoms with Gasteiger partial charge in [0.15, 0.2) is 0 Å². The zero-order chi connectivity index (χ0) is 13.1. The van der Waals surface area contributed by atoms with Crippen LogP contribution in [0.5, 0.6) is 0 Å². The van der Waals surface area contributed by atoms with E-state index in [2.05, 4.69) is 4.98 Å². The SMILES string of the molecule is CCCN(OC)C(=O)c1c[nH]c2cc(N)ccc12. The van der Waals surface area contributed by atoms with E-state index < -0.39 is 0 Å². The average molecular weight is 247 g/mol. The zero-order valence-corrected chi connectivity index (χ0v) is 10.6. The molecule has 0 bridgehead atoms. The van der Waals surface area contributed by atoms with Crippen molar-refractivity contribution in [2.24, 2.45) is 0 Å². The average Bonchev–Trinajstić information content (AvgIpc) is 2.77. The van der Waals surface area contributed by atoms with Crippen LogP contribution in [-0.4, -0.2) is 29.6 Å². The number of fused-ring (bicyclic) bond motifs is 1. The number of nitrogens with one attached hydrogen (secondary N) is 1. The molecular weight excluding hydrogens is 230 g/mol. The second-order valence-corrected chi connectivity index (χ2v) is 4.10.